The minimum Gasteiger partial charge on any atom is -0.310 e. The van der Waals surface area contributed by atoms with E-state index in [1.165, 1.54) is 88.8 Å². The summed E-state index contributed by atoms with van der Waals surface area (Å²) >= 11 is 0. The molecule has 1 aromatic heterocycles. The summed E-state index contributed by atoms with van der Waals surface area (Å²) in [4.78, 5) is 2.47. The van der Waals surface area contributed by atoms with E-state index >= 15 is 0 Å². The van der Waals surface area contributed by atoms with E-state index in [0.717, 1.165) is 11.4 Å². The number of hydrogen-bond acceptors (Lipinski definition) is 1. The SMILES string of the molecule is c1ccc(N(c2ccc(-c3ccc4c(c3)c3ccccc3n4-c3ccccc3)cc2)c2cccc3c2C2(c4ccccc4-c4ccccc42)c2ccccc2-3)cc1. The normalized spacial score (nSPS) is 13.1. The summed E-state index contributed by atoms with van der Waals surface area (Å²) in [5, 5.41) is 2.51. The van der Waals surface area contributed by atoms with Crippen molar-refractivity contribution < 1.29 is 0 Å². The fourth-order valence-electron chi connectivity index (χ4n) is 10.1. The van der Waals surface area contributed by atoms with Crippen molar-refractivity contribution in [3.63, 3.8) is 0 Å². The minimum absolute atomic E-state index is 0.461. The van der Waals surface area contributed by atoms with Gasteiger partial charge in [0, 0.05) is 33.4 Å². The van der Waals surface area contributed by atoms with Gasteiger partial charge in [-0.1, -0.05) is 158 Å². The first-order chi connectivity index (χ1) is 28.3. The van der Waals surface area contributed by atoms with E-state index in [1.807, 2.05) is 0 Å². The van der Waals surface area contributed by atoms with Gasteiger partial charge in [-0.15, -0.1) is 0 Å². The molecule has 2 heteroatoms. The highest BCUT2D eigenvalue weighted by Gasteiger charge is 2.53. The molecule has 2 nitrogen and oxygen atoms in total. The molecule has 57 heavy (non-hydrogen) atoms. The predicted octanol–water partition coefficient (Wildman–Crippen LogP) is 14.3. The molecule has 0 saturated carbocycles. The van der Waals surface area contributed by atoms with Gasteiger partial charge in [-0.3, -0.25) is 0 Å². The Bertz CT molecular complexity index is 3110. The first-order valence-electron chi connectivity index (χ1n) is 19.8. The number of rotatable bonds is 5. The zero-order valence-electron chi connectivity index (χ0n) is 31.2. The van der Waals surface area contributed by atoms with Gasteiger partial charge in [0.1, 0.15) is 0 Å². The number of aromatic nitrogens is 1. The first kappa shape index (κ1) is 31.9. The molecule has 0 radical (unpaired) electrons. The molecule has 10 aromatic rings. The van der Waals surface area contributed by atoms with Crippen molar-refractivity contribution in [3.05, 3.63) is 241 Å². The van der Waals surface area contributed by atoms with Gasteiger partial charge in [0.25, 0.3) is 0 Å². The van der Waals surface area contributed by atoms with Crippen molar-refractivity contribution in [1.29, 1.82) is 0 Å². The van der Waals surface area contributed by atoms with Crippen LogP contribution in [0.15, 0.2) is 218 Å². The van der Waals surface area contributed by atoms with Crippen LogP contribution in [-0.2, 0) is 5.41 Å². The van der Waals surface area contributed by atoms with Crippen LogP contribution < -0.4 is 4.90 Å². The van der Waals surface area contributed by atoms with Gasteiger partial charge in [-0.2, -0.15) is 0 Å². The highest BCUT2D eigenvalue weighted by atomic mass is 15.1. The average molecular weight is 725 g/mol. The third-order valence-electron chi connectivity index (χ3n) is 12.4. The molecule has 2 aliphatic rings. The molecule has 0 saturated heterocycles. The third-order valence-corrected chi connectivity index (χ3v) is 12.4. The van der Waals surface area contributed by atoms with E-state index in [9.17, 15) is 0 Å². The van der Waals surface area contributed by atoms with Crippen molar-refractivity contribution in [3.8, 4) is 39.1 Å². The molecule has 2 aliphatic carbocycles. The fraction of sp³-hybridized carbons (Fsp3) is 0.0182. The molecular weight excluding hydrogens is 689 g/mol. The van der Waals surface area contributed by atoms with Crippen molar-refractivity contribution >= 4 is 38.9 Å². The second-order valence-corrected chi connectivity index (χ2v) is 15.2. The van der Waals surface area contributed by atoms with Crippen LogP contribution in [-0.4, -0.2) is 4.57 Å². The largest absolute Gasteiger partial charge is 0.310 e. The monoisotopic (exact) mass is 724 g/mol. The molecule has 9 aromatic carbocycles. The van der Waals surface area contributed by atoms with Gasteiger partial charge in [0.2, 0.25) is 0 Å². The van der Waals surface area contributed by atoms with Crippen LogP contribution in [0.4, 0.5) is 17.1 Å². The number of fused-ring (bicyclic) bond motifs is 13. The number of nitrogens with zero attached hydrogens (tertiary/aromatic N) is 2. The Morgan fingerprint density at radius 3 is 1.54 bits per heavy atom. The second kappa shape index (κ2) is 12.3. The number of anilines is 3. The summed E-state index contributed by atoms with van der Waals surface area (Å²) in [5.74, 6) is 0. The molecule has 0 amide bonds. The van der Waals surface area contributed by atoms with Crippen LogP contribution in [0.2, 0.25) is 0 Å². The third kappa shape index (κ3) is 4.47. The molecule has 266 valence electrons. The average Bonchev–Trinajstić information content (AvgIpc) is 3.89. The lowest BCUT2D eigenvalue weighted by molar-refractivity contribution is 0.793. The summed E-state index contributed by atoms with van der Waals surface area (Å²) in [6.07, 6.45) is 0. The van der Waals surface area contributed by atoms with Crippen LogP contribution in [0.25, 0.3) is 60.9 Å². The van der Waals surface area contributed by atoms with E-state index in [-0.39, 0.29) is 0 Å². The Hall–Kier alpha value is -7.42. The maximum atomic E-state index is 2.47. The summed E-state index contributed by atoms with van der Waals surface area (Å²) in [6.45, 7) is 0. The topological polar surface area (TPSA) is 8.17 Å². The van der Waals surface area contributed by atoms with Crippen LogP contribution >= 0.6 is 0 Å². The summed E-state index contributed by atoms with van der Waals surface area (Å²) in [5.41, 5.74) is 19.5. The molecule has 0 bridgehead atoms. The molecule has 0 N–H and O–H groups in total. The number of para-hydroxylation sites is 3. The lowest BCUT2D eigenvalue weighted by Gasteiger charge is -2.35. The summed E-state index contributed by atoms with van der Waals surface area (Å²) in [6, 6.07) is 80.4. The zero-order valence-corrected chi connectivity index (χ0v) is 31.2. The maximum absolute atomic E-state index is 2.47. The van der Waals surface area contributed by atoms with Crippen LogP contribution in [0, 0.1) is 0 Å². The Morgan fingerprint density at radius 2 is 0.860 bits per heavy atom. The number of benzene rings is 9. The molecular formula is C55H36N2. The second-order valence-electron chi connectivity index (χ2n) is 15.2. The lowest BCUT2D eigenvalue weighted by atomic mass is 9.70. The number of hydrogen-bond donors (Lipinski definition) is 0. The molecule has 0 aliphatic heterocycles. The zero-order chi connectivity index (χ0) is 37.5. The predicted molar refractivity (Wildman–Crippen MR) is 237 cm³/mol. The van der Waals surface area contributed by atoms with Gasteiger partial charge in [0.05, 0.1) is 22.1 Å². The molecule has 1 spiro atoms. The van der Waals surface area contributed by atoms with Crippen LogP contribution in [0.3, 0.4) is 0 Å². The van der Waals surface area contributed by atoms with Gasteiger partial charge in [0.15, 0.2) is 0 Å². The molecule has 0 fully saturated rings. The summed E-state index contributed by atoms with van der Waals surface area (Å²) in [7, 11) is 0. The molecule has 0 atom stereocenters. The van der Waals surface area contributed by atoms with E-state index in [0.29, 0.717) is 0 Å². The minimum atomic E-state index is -0.461. The quantitative estimate of drug-likeness (QED) is 0.172. The van der Waals surface area contributed by atoms with E-state index in [2.05, 4.69) is 228 Å². The Morgan fingerprint density at radius 1 is 0.351 bits per heavy atom. The van der Waals surface area contributed by atoms with Crippen molar-refractivity contribution in [2.45, 2.75) is 5.41 Å². The van der Waals surface area contributed by atoms with Crippen molar-refractivity contribution in [2.75, 3.05) is 4.90 Å². The van der Waals surface area contributed by atoms with E-state index in [1.54, 1.807) is 0 Å². The van der Waals surface area contributed by atoms with Crippen molar-refractivity contribution in [1.82, 2.24) is 4.57 Å². The van der Waals surface area contributed by atoms with Gasteiger partial charge >= 0.3 is 0 Å². The molecule has 1 heterocycles. The lowest BCUT2D eigenvalue weighted by Crippen LogP contribution is -2.28. The standard InChI is InChI=1S/C55H36N2/c1-3-16-39(17-4-1)56(41-33-30-37(31-34-41)38-32-35-52-47(36-38)45-23-10-14-28-51(45)57(52)40-18-5-2-6-19-40)53-29-15-24-46-44-22-9-13-27-50(44)55(54(46)53)48-25-11-7-20-42(48)43-21-8-12-26-49(43)55/h1-36H. The maximum Gasteiger partial charge on any atom is 0.0746 e. The first-order valence-corrected chi connectivity index (χ1v) is 19.8. The highest BCUT2D eigenvalue weighted by Crippen LogP contribution is 2.65. The fourth-order valence-corrected chi connectivity index (χ4v) is 10.1. The Labute approximate surface area is 332 Å². The van der Waals surface area contributed by atoms with Gasteiger partial charge in [-0.25, -0.2) is 0 Å². The van der Waals surface area contributed by atoms with Crippen LogP contribution in [0.5, 0.6) is 0 Å². The highest BCUT2D eigenvalue weighted by molar-refractivity contribution is 6.10. The molecule has 0 unspecified atom stereocenters. The van der Waals surface area contributed by atoms with Gasteiger partial charge < -0.3 is 9.47 Å². The van der Waals surface area contributed by atoms with E-state index < -0.39 is 5.41 Å². The smallest absolute Gasteiger partial charge is 0.0746 e. The Kier molecular flexibility index (Phi) is 6.88. The van der Waals surface area contributed by atoms with Gasteiger partial charge in [-0.05, 0) is 111 Å². The van der Waals surface area contributed by atoms with Crippen molar-refractivity contribution in [2.24, 2.45) is 0 Å². The van der Waals surface area contributed by atoms with Crippen LogP contribution in [0.1, 0.15) is 22.3 Å². The summed E-state index contributed by atoms with van der Waals surface area (Å²) < 4.78 is 2.37. The molecule has 12 rings (SSSR count). The van der Waals surface area contributed by atoms with E-state index in [4.69, 9.17) is 0 Å². The Balaban J connectivity index is 1.04.